The number of halogens is 1. The van der Waals surface area contributed by atoms with E-state index in [0.29, 0.717) is 58.6 Å². The lowest BCUT2D eigenvalue weighted by Crippen LogP contribution is -2.53. The number of amides is 3. The second-order valence-corrected chi connectivity index (χ2v) is 13.3. The molecule has 2 N–H and O–H groups in total. The molecule has 0 spiro atoms. The quantitative estimate of drug-likeness (QED) is 0.370. The number of aryl methyl sites for hydroxylation is 2. The van der Waals surface area contributed by atoms with Gasteiger partial charge in [0.25, 0.3) is 15.9 Å². The summed E-state index contributed by atoms with van der Waals surface area (Å²) in [4.78, 5) is 41.0. The van der Waals surface area contributed by atoms with Crippen molar-refractivity contribution in [2.24, 2.45) is 5.92 Å². The summed E-state index contributed by atoms with van der Waals surface area (Å²) in [5.74, 6) is -0.613. The average Bonchev–Trinajstić information content (AvgIpc) is 2.99. The third-order valence-electron chi connectivity index (χ3n) is 8.15. The van der Waals surface area contributed by atoms with Gasteiger partial charge in [0, 0.05) is 30.2 Å². The van der Waals surface area contributed by atoms with Crippen LogP contribution in [0.4, 0.5) is 11.4 Å². The van der Waals surface area contributed by atoms with Crippen molar-refractivity contribution in [1.29, 1.82) is 0 Å². The van der Waals surface area contributed by atoms with E-state index in [9.17, 15) is 22.8 Å². The van der Waals surface area contributed by atoms with Gasteiger partial charge in [0.1, 0.15) is 6.04 Å². The van der Waals surface area contributed by atoms with Crippen molar-refractivity contribution in [3.63, 3.8) is 0 Å². The number of fused-ring (bicyclic) bond motifs is 1. The molecule has 11 heteroatoms. The van der Waals surface area contributed by atoms with Crippen LogP contribution in [0.15, 0.2) is 71.6 Å². The number of piperidine rings is 1. The topological polar surface area (TPSA) is 116 Å². The van der Waals surface area contributed by atoms with Crippen molar-refractivity contribution in [2.75, 3.05) is 29.3 Å². The molecule has 0 aromatic heterocycles. The Hall–Kier alpha value is -3.89. The molecule has 0 saturated carbocycles. The molecule has 2 aliphatic heterocycles. The van der Waals surface area contributed by atoms with E-state index in [1.54, 1.807) is 44.2 Å². The van der Waals surface area contributed by atoms with Gasteiger partial charge in [-0.25, -0.2) is 8.42 Å². The summed E-state index contributed by atoms with van der Waals surface area (Å²) >= 11 is 6.23. The summed E-state index contributed by atoms with van der Waals surface area (Å²) in [5.41, 5.74) is 2.36. The molecule has 1 fully saturated rings. The van der Waals surface area contributed by atoms with Crippen molar-refractivity contribution < 1.29 is 22.8 Å². The van der Waals surface area contributed by atoms with Gasteiger partial charge in [-0.3, -0.25) is 18.7 Å². The molecule has 3 amide bonds. The zero-order valence-corrected chi connectivity index (χ0v) is 25.7. The number of nitrogens with one attached hydrogen (secondary N) is 2. The third kappa shape index (κ3) is 6.55. The third-order valence-corrected chi connectivity index (χ3v) is 10.5. The Morgan fingerprint density at radius 1 is 0.977 bits per heavy atom. The van der Waals surface area contributed by atoms with E-state index in [4.69, 9.17) is 11.6 Å². The van der Waals surface area contributed by atoms with E-state index in [0.717, 1.165) is 23.6 Å². The number of likely N-dealkylation sites (tertiary alicyclic amines) is 1. The van der Waals surface area contributed by atoms with Crippen LogP contribution >= 0.6 is 11.6 Å². The number of carbonyl (C=O) groups is 3. The average molecular weight is 623 g/mol. The molecule has 0 aliphatic carbocycles. The lowest BCUT2D eigenvalue weighted by molar-refractivity contribution is -0.125. The highest BCUT2D eigenvalue weighted by Gasteiger charge is 2.42. The fourth-order valence-electron chi connectivity index (χ4n) is 5.72. The smallest absolute Gasteiger partial charge is 0.265 e. The van der Waals surface area contributed by atoms with Crippen LogP contribution in [0.3, 0.4) is 0 Å². The number of nitrogens with zero attached hydrogens (tertiary/aromatic N) is 2. The number of sulfonamides is 1. The standard InChI is InChI=1S/C32H35ClN4O5S/c1-21-19-29(22(2)18-25(21)33)43(41,42)37-27-11-7-6-10-26(27)35-31(39)28(37)20-30(38)34-15-12-23-13-16-36(17-14-23)32(40)24-8-4-3-5-9-24/h3-11,18-19,23,28H,12-17,20H2,1-2H3,(H,34,38)(H,35,39). The number of rotatable bonds is 8. The first-order valence-corrected chi connectivity index (χ1v) is 16.2. The summed E-state index contributed by atoms with van der Waals surface area (Å²) in [6.07, 6.45) is 2.06. The minimum absolute atomic E-state index is 0.0291. The van der Waals surface area contributed by atoms with Gasteiger partial charge in [-0.1, -0.05) is 41.9 Å². The van der Waals surface area contributed by atoms with Crippen LogP contribution in [0, 0.1) is 19.8 Å². The lowest BCUT2D eigenvalue weighted by atomic mass is 9.93. The summed E-state index contributed by atoms with van der Waals surface area (Å²) in [6, 6.07) is 17.7. The maximum absolute atomic E-state index is 14.1. The highest BCUT2D eigenvalue weighted by molar-refractivity contribution is 7.93. The summed E-state index contributed by atoms with van der Waals surface area (Å²) in [7, 11) is -4.24. The number of hydrogen-bond donors (Lipinski definition) is 2. The highest BCUT2D eigenvalue weighted by Crippen LogP contribution is 2.38. The van der Waals surface area contributed by atoms with E-state index >= 15 is 0 Å². The van der Waals surface area contributed by atoms with Crippen LogP contribution in [0.25, 0.3) is 0 Å². The van der Waals surface area contributed by atoms with Crippen molar-refractivity contribution in [3.8, 4) is 0 Å². The van der Waals surface area contributed by atoms with E-state index in [1.165, 1.54) is 6.07 Å². The monoisotopic (exact) mass is 622 g/mol. The van der Waals surface area contributed by atoms with Crippen LogP contribution in [0.1, 0.15) is 47.2 Å². The molecule has 1 atom stereocenters. The molecule has 3 aromatic carbocycles. The summed E-state index contributed by atoms with van der Waals surface area (Å²) < 4.78 is 29.3. The number of benzene rings is 3. The predicted molar refractivity (Wildman–Crippen MR) is 167 cm³/mol. The Bertz CT molecular complexity index is 1640. The van der Waals surface area contributed by atoms with Gasteiger partial charge in [0.05, 0.1) is 22.7 Å². The molecule has 226 valence electrons. The van der Waals surface area contributed by atoms with Crippen molar-refractivity contribution in [3.05, 3.63) is 88.4 Å². The molecular weight excluding hydrogens is 588 g/mol. The van der Waals surface area contributed by atoms with Gasteiger partial charge >= 0.3 is 0 Å². The van der Waals surface area contributed by atoms with E-state index in [2.05, 4.69) is 10.6 Å². The van der Waals surface area contributed by atoms with Gasteiger partial charge in [-0.2, -0.15) is 0 Å². The molecule has 5 rings (SSSR count). The lowest BCUT2D eigenvalue weighted by Gasteiger charge is -2.37. The van der Waals surface area contributed by atoms with Gasteiger partial charge in [0.2, 0.25) is 11.8 Å². The van der Waals surface area contributed by atoms with E-state index in [-0.39, 0.29) is 17.2 Å². The molecule has 9 nitrogen and oxygen atoms in total. The maximum Gasteiger partial charge on any atom is 0.265 e. The van der Waals surface area contributed by atoms with Crippen molar-refractivity contribution in [1.82, 2.24) is 10.2 Å². The fraction of sp³-hybridized carbons (Fsp3) is 0.344. The van der Waals surface area contributed by atoms with E-state index in [1.807, 2.05) is 35.2 Å². The largest absolute Gasteiger partial charge is 0.356 e. The first-order valence-electron chi connectivity index (χ1n) is 14.4. The van der Waals surface area contributed by atoms with Crippen molar-refractivity contribution in [2.45, 2.75) is 50.5 Å². The SMILES string of the molecule is Cc1cc(S(=O)(=O)N2c3ccccc3NC(=O)C2CC(=O)NCCC2CCN(C(=O)c3ccccc3)CC2)c(C)cc1Cl. The molecular formula is C32H35ClN4O5S. The second-order valence-electron chi connectivity index (χ2n) is 11.1. The number of carbonyl (C=O) groups excluding carboxylic acids is 3. The molecule has 3 aromatic rings. The first kappa shape index (κ1) is 30.6. The van der Waals surface area contributed by atoms with Gasteiger partial charge in [-0.05, 0) is 86.6 Å². The first-order chi connectivity index (χ1) is 20.6. The minimum Gasteiger partial charge on any atom is -0.356 e. The maximum atomic E-state index is 14.1. The summed E-state index contributed by atoms with van der Waals surface area (Å²) in [5, 5.41) is 6.08. The molecule has 1 unspecified atom stereocenters. The van der Waals surface area contributed by atoms with Crippen LogP contribution in [0.5, 0.6) is 0 Å². The Morgan fingerprint density at radius 3 is 2.37 bits per heavy atom. The van der Waals surface area contributed by atoms with Crippen LogP contribution in [-0.2, 0) is 19.6 Å². The Morgan fingerprint density at radius 2 is 1.65 bits per heavy atom. The van der Waals surface area contributed by atoms with Gasteiger partial charge in [0.15, 0.2) is 0 Å². The minimum atomic E-state index is -4.24. The predicted octanol–water partition coefficient (Wildman–Crippen LogP) is 4.92. The molecule has 0 radical (unpaired) electrons. The fourth-order valence-corrected chi connectivity index (χ4v) is 7.87. The van der Waals surface area contributed by atoms with Crippen LogP contribution in [0.2, 0.25) is 5.02 Å². The zero-order chi connectivity index (χ0) is 30.7. The van der Waals surface area contributed by atoms with Gasteiger partial charge < -0.3 is 15.5 Å². The Balaban J connectivity index is 1.24. The molecule has 0 bridgehead atoms. The number of hydrogen-bond acceptors (Lipinski definition) is 5. The van der Waals surface area contributed by atoms with Gasteiger partial charge in [-0.15, -0.1) is 0 Å². The van der Waals surface area contributed by atoms with Crippen LogP contribution in [-0.4, -0.2) is 56.7 Å². The molecule has 2 heterocycles. The van der Waals surface area contributed by atoms with Crippen LogP contribution < -0.4 is 14.9 Å². The highest BCUT2D eigenvalue weighted by atomic mass is 35.5. The normalized spacial score (nSPS) is 17.3. The molecule has 2 aliphatic rings. The Kier molecular flexibility index (Phi) is 9.08. The molecule has 43 heavy (non-hydrogen) atoms. The summed E-state index contributed by atoms with van der Waals surface area (Å²) in [6.45, 7) is 5.07. The number of anilines is 2. The van der Waals surface area contributed by atoms with Crippen molar-refractivity contribution >= 4 is 50.7 Å². The number of para-hydroxylation sites is 2. The van der Waals surface area contributed by atoms with E-state index < -0.39 is 27.9 Å². The second kappa shape index (κ2) is 12.8. The molecule has 1 saturated heterocycles. The zero-order valence-electron chi connectivity index (χ0n) is 24.2. The Labute approximate surface area is 257 Å².